The van der Waals surface area contributed by atoms with Gasteiger partial charge in [-0.1, -0.05) is 202 Å². The molecule has 0 radical (unpaired) electrons. The smallest absolute Gasteiger partial charge is 0.268 e. The fourth-order valence-electron chi connectivity index (χ4n) is 14.0. The van der Waals surface area contributed by atoms with E-state index in [1.165, 1.54) is 66.8 Å². The van der Waals surface area contributed by atoms with Crippen LogP contribution in [-0.4, -0.2) is 14.1 Å². The monoisotopic (exact) mass is 1240 g/mol. The Hall–Kier alpha value is -9.67. The van der Waals surface area contributed by atoms with E-state index in [2.05, 4.69) is 277 Å². The van der Waals surface area contributed by atoms with E-state index in [4.69, 9.17) is 9.72 Å². The van der Waals surface area contributed by atoms with Crippen LogP contribution in [-0.2, 0) is 31.9 Å². The van der Waals surface area contributed by atoms with Crippen molar-refractivity contribution in [1.29, 1.82) is 0 Å². The minimum absolute atomic E-state index is 0. The molecule has 6 heteroatoms. The maximum atomic E-state index is 6.78. The first-order valence-electron chi connectivity index (χ1n) is 28.2. The van der Waals surface area contributed by atoms with Gasteiger partial charge in [-0.15, -0.1) is 29.7 Å². The molecular formula is C77H50N4OPt-2. The predicted octanol–water partition coefficient (Wildman–Crippen LogP) is 18.2. The summed E-state index contributed by atoms with van der Waals surface area (Å²) < 4.78 is 13.4. The van der Waals surface area contributed by atoms with Crippen molar-refractivity contribution in [3.63, 3.8) is 0 Å². The van der Waals surface area contributed by atoms with Crippen molar-refractivity contribution in [2.75, 3.05) is 0 Å². The molecule has 83 heavy (non-hydrogen) atoms. The molecule has 0 bridgehead atoms. The van der Waals surface area contributed by atoms with Gasteiger partial charge in [-0.3, -0.25) is 4.57 Å². The molecule has 1 spiro atoms. The van der Waals surface area contributed by atoms with Crippen molar-refractivity contribution in [3.8, 4) is 95.5 Å². The van der Waals surface area contributed by atoms with Crippen molar-refractivity contribution in [1.82, 2.24) is 14.1 Å². The number of imidazole rings is 1. The van der Waals surface area contributed by atoms with Crippen LogP contribution in [0.4, 0.5) is 0 Å². The van der Waals surface area contributed by atoms with Crippen molar-refractivity contribution < 1.29 is 30.4 Å². The first kappa shape index (κ1) is 49.2. The van der Waals surface area contributed by atoms with Crippen LogP contribution in [0, 0.1) is 18.5 Å². The summed E-state index contributed by atoms with van der Waals surface area (Å²) in [7, 11) is 0. The molecule has 5 nitrogen and oxygen atoms in total. The molecule has 4 heterocycles. The van der Waals surface area contributed by atoms with Gasteiger partial charge in [-0.05, 0) is 147 Å². The summed E-state index contributed by atoms with van der Waals surface area (Å²) in [6.07, 6.45) is 5.82. The summed E-state index contributed by atoms with van der Waals surface area (Å²) in [5.41, 5.74) is 26.2. The number of hydrogen-bond acceptors (Lipinski definition) is 2. The summed E-state index contributed by atoms with van der Waals surface area (Å²) in [5.74, 6) is 1.99. The molecule has 0 fully saturated rings. The van der Waals surface area contributed by atoms with Crippen molar-refractivity contribution >= 4 is 32.8 Å². The molecule has 396 valence electrons. The fraction of sp³-hybridized carbons (Fsp3) is 0.0649. The van der Waals surface area contributed by atoms with E-state index in [1.807, 2.05) is 24.4 Å². The second kappa shape index (κ2) is 18.4. The third-order valence-electron chi connectivity index (χ3n) is 17.6. The third kappa shape index (κ3) is 7.17. The van der Waals surface area contributed by atoms with Crippen LogP contribution in [0.3, 0.4) is 0 Å². The fourth-order valence-corrected chi connectivity index (χ4v) is 14.0. The topological polar surface area (TPSA) is 35.9 Å². The molecule has 2 aliphatic carbocycles. The Morgan fingerprint density at radius 3 is 1.70 bits per heavy atom. The largest absolute Gasteiger partial charge is 0.510 e. The van der Waals surface area contributed by atoms with Crippen LogP contribution in [0.1, 0.15) is 48.6 Å². The Balaban J connectivity index is 0.00000565. The van der Waals surface area contributed by atoms with Gasteiger partial charge in [0, 0.05) is 44.3 Å². The molecule has 14 aromatic rings. The van der Waals surface area contributed by atoms with Crippen molar-refractivity contribution in [2.45, 2.75) is 31.6 Å². The number of nitrogens with zero attached hydrogens (tertiary/aromatic N) is 4. The zero-order valence-electron chi connectivity index (χ0n) is 45.7. The zero-order chi connectivity index (χ0) is 54.4. The Labute approximate surface area is 496 Å². The van der Waals surface area contributed by atoms with Crippen molar-refractivity contribution in [3.05, 3.63) is 295 Å². The van der Waals surface area contributed by atoms with E-state index in [9.17, 15) is 0 Å². The first-order chi connectivity index (χ1) is 40.3. The van der Waals surface area contributed by atoms with Crippen LogP contribution < -0.4 is 9.30 Å². The van der Waals surface area contributed by atoms with Crippen molar-refractivity contribution in [2.24, 2.45) is 0 Å². The standard InChI is InChI=1S/C77H50N4O.Pt/c1-76(2,3)50-40-41-78-74(44-50)81-71-32-15-11-27-62(71)63-38-36-53(46-73(63)81)82-52-19-16-18-51(45-52)79-47-80-70-39-35-48(42-65(70)57-23-7-5-21-55(57)54-20-4-6-22-56(54)64-28-17-33-72(79)75(64)80)49-34-37-61-60-26-10-14-31-68(60)77(69(61)43-49)66-29-12-8-24-58(66)59-25-9-13-30-67(59)77;/h4-44H,1-3H3;/q-2;. The second-order valence-corrected chi connectivity index (χ2v) is 23.0. The van der Waals surface area contributed by atoms with E-state index in [0.29, 0.717) is 11.5 Å². The summed E-state index contributed by atoms with van der Waals surface area (Å²) in [6, 6.07) is 95.9. The number of rotatable bonds is 5. The van der Waals surface area contributed by atoms with Crippen LogP contribution in [0.2, 0.25) is 0 Å². The molecule has 3 aliphatic rings. The van der Waals surface area contributed by atoms with Crippen LogP contribution >= 0.6 is 0 Å². The second-order valence-electron chi connectivity index (χ2n) is 23.0. The summed E-state index contributed by atoms with van der Waals surface area (Å²) in [5, 5.41) is 2.21. The molecule has 17 rings (SSSR count). The van der Waals surface area contributed by atoms with Crippen LogP contribution in [0.15, 0.2) is 249 Å². The Morgan fingerprint density at radius 1 is 0.446 bits per heavy atom. The average Bonchev–Trinajstić information content (AvgIpc) is 1.79. The van der Waals surface area contributed by atoms with E-state index in [-0.39, 0.29) is 26.5 Å². The molecule has 0 saturated heterocycles. The third-order valence-corrected chi connectivity index (χ3v) is 17.6. The van der Waals surface area contributed by atoms with E-state index in [1.54, 1.807) is 0 Å². The summed E-state index contributed by atoms with van der Waals surface area (Å²) >= 11 is 0. The SMILES string of the molecule is CC(C)(C)c1ccnc(-n2c3[c-]c(Oc4[c-]c(-n5[c-][n+]6c7c(cccc75)-c5ccccc5-c5ccccc5-c5cc(-c7ccc8c(c7)C7(c9ccccc9-c9ccccc97)c7ccccc7-8)ccc5-6)ccc4)ccc3c3ccccc32)c1.[Pt]. The summed E-state index contributed by atoms with van der Waals surface area (Å²) in [6.45, 7) is 6.69. The number of benzene rings is 11. The zero-order valence-corrected chi connectivity index (χ0v) is 48.0. The van der Waals surface area contributed by atoms with Gasteiger partial charge in [0.05, 0.1) is 22.1 Å². The quantitative estimate of drug-likeness (QED) is 0.127. The minimum Gasteiger partial charge on any atom is -0.510 e. The molecule has 0 N–H and O–H groups in total. The summed E-state index contributed by atoms with van der Waals surface area (Å²) in [4.78, 5) is 4.90. The Morgan fingerprint density at radius 2 is 1.00 bits per heavy atom. The van der Waals surface area contributed by atoms with Gasteiger partial charge >= 0.3 is 0 Å². The Bertz CT molecular complexity index is 4970. The molecular weight excluding hydrogens is 1190 g/mol. The normalized spacial score (nSPS) is 13.0. The molecule has 1 aliphatic heterocycles. The number of pyridine rings is 1. The van der Waals surface area contributed by atoms with Crippen LogP contribution in [0.25, 0.3) is 117 Å². The van der Waals surface area contributed by atoms with Gasteiger partial charge in [0.1, 0.15) is 5.82 Å². The van der Waals surface area contributed by atoms with Gasteiger partial charge < -0.3 is 13.9 Å². The van der Waals surface area contributed by atoms with Gasteiger partial charge in [-0.2, -0.15) is 18.2 Å². The molecule has 0 saturated carbocycles. The molecule has 0 unspecified atom stereocenters. The predicted molar refractivity (Wildman–Crippen MR) is 330 cm³/mol. The number of para-hydroxylation sites is 2. The van der Waals surface area contributed by atoms with Gasteiger partial charge in [-0.25, -0.2) is 4.98 Å². The molecule has 11 aromatic carbocycles. The van der Waals surface area contributed by atoms with Crippen LogP contribution in [0.5, 0.6) is 11.5 Å². The van der Waals surface area contributed by atoms with Gasteiger partial charge in [0.25, 0.3) is 6.33 Å². The maximum absolute atomic E-state index is 6.78. The minimum atomic E-state index is -0.445. The van der Waals surface area contributed by atoms with E-state index in [0.717, 1.165) is 77.8 Å². The number of fused-ring (bicyclic) bond motifs is 20. The van der Waals surface area contributed by atoms with E-state index < -0.39 is 5.41 Å². The first-order valence-corrected chi connectivity index (χ1v) is 28.2. The number of ether oxygens (including phenoxy) is 1. The number of aromatic nitrogens is 4. The molecule has 3 aromatic heterocycles. The molecule has 0 amide bonds. The van der Waals surface area contributed by atoms with Gasteiger partial charge in [0.2, 0.25) is 0 Å². The van der Waals surface area contributed by atoms with E-state index >= 15 is 0 Å². The maximum Gasteiger partial charge on any atom is 0.268 e. The van der Waals surface area contributed by atoms with Gasteiger partial charge in [0.15, 0.2) is 0 Å². The number of hydrogen-bond donors (Lipinski definition) is 0. The average molecular weight is 1240 g/mol. The Kier molecular flexibility index (Phi) is 10.9. The molecule has 0 atom stereocenters.